The van der Waals surface area contributed by atoms with Crippen molar-refractivity contribution in [2.24, 2.45) is 0 Å². The lowest BCUT2D eigenvalue weighted by atomic mass is 10.1. The molecule has 0 saturated heterocycles. The first-order chi connectivity index (χ1) is 9.24. The smallest absolute Gasteiger partial charge is 0.143 e. The summed E-state index contributed by atoms with van der Waals surface area (Å²) < 4.78 is 15.0. The Balaban J connectivity index is 1.99. The van der Waals surface area contributed by atoms with Gasteiger partial charge in [-0.1, -0.05) is 41.9 Å². The lowest BCUT2D eigenvalue weighted by Crippen LogP contribution is -1.94. The molecule has 3 rings (SSSR count). The second-order valence-electron chi connectivity index (χ2n) is 4.14. The normalized spacial score (nSPS) is 10.6. The van der Waals surface area contributed by atoms with Gasteiger partial charge in [-0.05, 0) is 17.7 Å². The average Bonchev–Trinajstić information content (AvgIpc) is 2.93. The monoisotopic (exact) mass is 272 g/mol. The van der Waals surface area contributed by atoms with Gasteiger partial charge in [-0.15, -0.1) is 0 Å². The topological polar surface area (TPSA) is 17.8 Å². The summed E-state index contributed by atoms with van der Waals surface area (Å²) in [6, 6.07) is 14.5. The molecule has 0 radical (unpaired) electrons. The minimum Gasteiger partial charge on any atom is -0.240 e. The second kappa shape index (κ2) is 4.86. The zero-order valence-electron chi connectivity index (χ0n) is 9.92. The lowest BCUT2D eigenvalue weighted by Gasteiger charge is -2.02. The Labute approximate surface area is 115 Å². The first-order valence-electron chi connectivity index (χ1n) is 5.79. The van der Waals surface area contributed by atoms with E-state index in [1.165, 1.54) is 12.1 Å². The van der Waals surface area contributed by atoms with E-state index in [2.05, 4.69) is 5.10 Å². The van der Waals surface area contributed by atoms with Crippen molar-refractivity contribution in [3.05, 3.63) is 71.8 Å². The summed E-state index contributed by atoms with van der Waals surface area (Å²) >= 11 is 5.66. The number of hydrogen-bond acceptors (Lipinski definition) is 1. The van der Waals surface area contributed by atoms with E-state index in [4.69, 9.17) is 11.6 Å². The van der Waals surface area contributed by atoms with E-state index in [9.17, 15) is 4.39 Å². The van der Waals surface area contributed by atoms with Crippen LogP contribution in [0.1, 0.15) is 0 Å². The second-order valence-corrected chi connectivity index (χ2v) is 4.55. The van der Waals surface area contributed by atoms with Crippen molar-refractivity contribution in [2.75, 3.05) is 0 Å². The van der Waals surface area contributed by atoms with Crippen molar-refractivity contribution < 1.29 is 4.39 Å². The Bertz CT molecular complexity index is 707. The van der Waals surface area contributed by atoms with Gasteiger partial charge in [0.2, 0.25) is 0 Å². The number of nitrogens with zero attached hydrogens (tertiary/aromatic N) is 2. The van der Waals surface area contributed by atoms with Crippen LogP contribution in [0.2, 0.25) is 5.02 Å². The molecule has 0 saturated carbocycles. The quantitative estimate of drug-likeness (QED) is 0.679. The van der Waals surface area contributed by atoms with E-state index in [1.54, 1.807) is 16.9 Å². The van der Waals surface area contributed by atoms with Crippen LogP contribution in [0.15, 0.2) is 60.9 Å². The zero-order chi connectivity index (χ0) is 13.2. The Morgan fingerprint density at radius 1 is 1.00 bits per heavy atom. The molecular formula is C15H10ClFN2. The summed E-state index contributed by atoms with van der Waals surface area (Å²) in [6.07, 6.45) is 3.61. The van der Waals surface area contributed by atoms with Crippen LogP contribution in [0.4, 0.5) is 4.39 Å². The van der Waals surface area contributed by atoms with E-state index >= 15 is 0 Å². The molecule has 3 aromatic rings. The molecule has 19 heavy (non-hydrogen) atoms. The molecule has 1 heterocycles. The molecule has 4 heteroatoms. The van der Waals surface area contributed by atoms with Crippen molar-refractivity contribution in [1.29, 1.82) is 0 Å². The van der Waals surface area contributed by atoms with Gasteiger partial charge in [-0.2, -0.15) is 5.10 Å². The first kappa shape index (κ1) is 11.9. The van der Waals surface area contributed by atoms with Crippen LogP contribution in [0, 0.1) is 5.82 Å². The molecule has 0 aliphatic rings. The van der Waals surface area contributed by atoms with E-state index in [0.717, 1.165) is 11.1 Å². The van der Waals surface area contributed by atoms with Crippen LogP contribution >= 0.6 is 11.6 Å². The largest absolute Gasteiger partial charge is 0.240 e. The fourth-order valence-corrected chi connectivity index (χ4v) is 1.99. The first-order valence-corrected chi connectivity index (χ1v) is 6.17. The Morgan fingerprint density at radius 3 is 2.53 bits per heavy atom. The molecule has 94 valence electrons. The molecule has 0 unspecified atom stereocenters. The molecule has 0 aliphatic heterocycles. The van der Waals surface area contributed by atoms with Crippen molar-refractivity contribution in [2.45, 2.75) is 0 Å². The van der Waals surface area contributed by atoms with Gasteiger partial charge in [-0.25, -0.2) is 9.07 Å². The Hall–Kier alpha value is -2.13. The van der Waals surface area contributed by atoms with Gasteiger partial charge in [0.15, 0.2) is 0 Å². The Kier molecular flexibility index (Phi) is 3.05. The molecule has 0 N–H and O–H groups in total. The molecule has 0 bridgehead atoms. The lowest BCUT2D eigenvalue weighted by molar-refractivity contribution is 0.626. The van der Waals surface area contributed by atoms with E-state index < -0.39 is 5.82 Å². The molecule has 0 aliphatic carbocycles. The van der Waals surface area contributed by atoms with Gasteiger partial charge in [0.1, 0.15) is 5.82 Å². The van der Waals surface area contributed by atoms with Gasteiger partial charge in [0.25, 0.3) is 0 Å². The van der Waals surface area contributed by atoms with E-state index in [1.807, 2.05) is 36.5 Å². The van der Waals surface area contributed by atoms with Gasteiger partial charge in [0.05, 0.1) is 16.9 Å². The zero-order valence-corrected chi connectivity index (χ0v) is 10.7. The molecular weight excluding hydrogens is 263 g/mol. The summed E-state index contributed by atoms with van der Waals surface area (Å²) in [4.78, 5) is 0. The van der Waals surface area contributed by atoms with Crippen molar-refractivity contribution in [3.8, 4) is 16.8 Å². The highest BCUT2D eigenvalue weighted by atomic mass is 35.5. The fourth-order valence-electron chi connectivity index (χ4n) is 1.87. The highest BCUT2D eigenvalue weighted by molar-refractivity contribution is 6.30. The number of benzene rings is 2. The molecule has 2 nitrogen and oxygen atoms in total. The number of rotatable bonds is 2. The van der Waals surface area contributed by atoms with E-state index in [0.29, 0.717) is 5.69 Å². The van der Waals surface area contributed by atoms with Crippen LogP contribution in [0.5, 0.6) is 0 Å². The molecule has 0 atom stereocenters. The van der Waals surface area contributed by atoms with Crippen LogP contribution in [0.3, 0.4) is 0 Å². The summed E-state index contributed by atoms with van der Waals surface area (Å²) in [5.41, 5.74) is 2.70. The highest BCUT2D eigenvalue weighted by Crippen LogP contribution is 2.21. The van der Waals surface area contributed by atoms with Gasteiger partial charge < -0.3 is 0 Å². The summed E-state index contributed by atoms with van der Waals surface area (Å²) in [6.45, 7) is 0. The van der Waals surface area contributed by atoms with Gasteiger partial charge >= 0.3 is 0 Å². The van der Waals surface area contributed by atoms with Crippen LogP contribution in [0.25, 0.3) is 16.8 Å². The average molecular weight is 273 g/mol. The number of aromatic nitrogens is 2. The summed E-state index contributed by atoms with van der Waals surface area (Å²) in [5, 5.41) is 4.35. The standard InChI is InChI=1S/C15H10ClFN2/c16-14-7-6-13(8-15(14)17)19-10-12(9-18-19)11-4-2-1-3-5-11/h1-10H. The van der Waals surface area contributed by atoms with Crippen molar-refractivity contribution >= 4 is 11.6 Å². The van der Waals surface area contributed by atoms with E-state index in [-0.39, 0.29) is 5.02 Å². The van der Waals surface area contributed by atoms with Gasteiger partial charge in [-0.3, -0.25) is 0 Å². The highest BCUT2D eigenvalue weighted by Gasteiger charge is 2.05. The minimum absolute atomic E-state index is 0.110. The Morgan fingerprint density at radius 2 is 1.79 bits per heavy atom. The molecule has 0 amide bonds. The predicted octanol–water partition coefficient (Wildman–Crippen LogP) is 4.33. The molecule has 0 spiro atoms. The maximum absolute atomic E-state index is 13.4. The predicted molar refractivity (Wildman–Crippen MR) is 74.0 cm³/mol. The number of halogens is 2. The summed E-state index contributed by atoms with van der Waals surface area (Å²) in [7, 11) is 0. The molecule has 0 fully saturated rings. The van der Waals surface area contributed by atoms with Crippen LogP contribution in [-0.2, 0) is 0 Å². The maximum Gasteiger partial charge on any atom is 0.143 e. The minimum atomic E-state index is -0.448. The molecule has 1 aromatic heterocycles. The van der Waals surface area contributed by atoms with Crippen LogP contribution < -0.4 is 0 Å². The summed E-state index contributed by atoms with van der Waals surface area (Å²) in [5.74, 6) is -0.448. The third-order valence-electron chi connectivity index (χ3n) is 2.86. The third-order valence-corrected chi connectivity index (χ3v) is 3.16. The van der Waals surface area contributed by atoms with Crippen molar-refractivity contribution in [1.82, 2.24) is 9.78 Å². The molecule has 2 aromatic carbocycles. The number of hydrogen-bond donors (Lipinski definition) is 0. The fraction of sp³-hybridized carbons (Fsp3) is 0. The maximum atomic E-state index is 13.4. The van der Waals surface area contributed by atoms with Crippen molar-refractivity contribution in [3.63, 3.8) is 0 Å². The SMILES string of the molecule is Fc1cc(-n2cc(-c3ccccc3)cn2)ccc1Cl. The van der Waals surface area contributed by atoms with Crippen LogP contribution in [-0.4, -0.2) is 9.78 Å². The third kappa shape index (κ3) is 2.37. The van der Waals surface area contributed by atoms with Gasteiger partial charge in [0, 0.05) is 17.8 Å².